The van der Waals surface area contributed by atoms with Crippen molar-refractivity contribution in [2.45, 2.75) is 79.4 Å². The molecule has 0 saturated carbocycles. The number of benzene rings is 2. The van der Waals surface area contributed by atoms with Gasteiger partial charge in [-0.2, -0.15) is 9.78 Å². The zero-order chi connectivity index (χ0) is 32.1. The van der Waals surface area contributed by atoms with Gasteiger partial charge in [-0.1, -0.05) is 13.8 Å². The van der Waals surface area contributed by atoms with Crippen LogP contribution in [-0.2, 0) is 27.3 Å². The van der Waals surface area contributed by atoms with Crippen molar-refractivity contribution in [3.63, 3.8) is 0 Å². The highest BCUT2D eigenvalue weighted by Crippen LogP contribution is 2.34. The molecule has 3 N–H and O–H groups in total. The summed E-state index contributed by atoms with van der Waals surface area (Å²) >= 11 is 0. The van der Waals surface area contributed by atoms with Gasteiger partial charge in [0, 0.05) is 12.1 Å². The largest absolute Gasteiger partial charge is 0.466 e. The molecule has 0 bridgehead atoms. The molecule has 44 heavy (non-hydrogen) atoms. The van der Waals surface area contributed by atoms with E-state index in [1.807, 2.05) is 13.8 Å². The summed E-state index contributed by atoms with van der Waals surface area (Å²) in [5.74, 6) is -2.12. The van der Waals surface area contributed by atoms with Crippen LogP contribution >= 0.6 is 0 Å². The molecule has 3 aromatic rings. The first kappa shape index (κ1) is 32.8. The number of fused-ring (bicyclic) bond motifs is 1. The molecule has 2 atom stereocenters. The van der Waals surface area contributed by atoms with Gasteiger partial charge in [0.05, 0.1) is 31.0 Å². The number of rotatable bonds is 10. The highest BCUT2D eigenvalue weighted by Gasteiger charge is 2.30. The van der Waals surface area contributed by atoms with Gasteiger partial charge in [0.2, 0.25) is 5.91 Å². The SMILES string of the molecule is CCOC(=O)C[C@H](NC(=O)[C@H](CC(C)C)NC(=O)n1ncc2c1CNCC2)c1cc(-c2c(C)cc(F)cc2C)cc(C)c1F. The Labute approximate surface area is 256 Å². The van der Waals surface area contributed by atoms with Crippen LogP contribution in [0.1, 0.15) is 73.2 Å². The number of halogens is 2. The molecule has 2 amide bonds. The summed E-state index contributed by atoms with van der Waals surface area (Å²) in [4.78, 5) is 39.8. The van der Waals surface area contributed by atoms with Gasteiger partial charge in [-0.3, -0.25) is 9.59 Å². The molecule has 11 heteroatoms. The summed E-state index contributed by atoms with van der Waals surface area (Å²) in [7, 11) is 0. The number of hydrogen-bond donors (Lipinski definition) is 3. The minimum absolute atomic E-state index is 0.0227. The molecular formula is C33H41F2N5O4. The van der Waals surface area contributed by atoms with Gasteiger partial charge in [-0.05, 0) is 111 Å². The van der Waals surface area contributed by atoms with Crippen LogP contribution in [-0.4, -0.2) is 46.9 Å². The van der Waals surface area contributed by atoms with Crippen LogP contribution in [0.15, 0.2) is 30.5 Å². The Morgan fingerprint density at radius 2 is 1.75 bits per heavy atom. The summed E-state index contributed by atoms with van der Waals surface area (Å²) in [6, 6.07) is 3.42. The van der Waals surface area contributed by atoms with E-state index in [0.717, 1.165) is 29.8 Å². The summed E-state index contributed by atoms with van der Waals surface area (Å²) in [6.07, 6.45) is 2.36. The molecular weight excluding hydrogens is 568 g/mol. The quantitative estimate of drug-likeness (QED) is 0.273. The van der Waals surface area contributed by atoms with Crippen LogP contribution in [0.2, 0.25) is 0 Å². The van der Waals surface area contributed by atoms with Crippen LogP contribution in [0.25, 0.3) is 11.1 Å². The smallest absolute Gasteiger partial charge is 0.343 e. The second-order valence-electron chi connectivity index (χ2n) is 11.8. The highest BCUT2D eigenvalue weighted by molar-refractivity contribution is 5.88. The fourth-order valence-corrected chi connectivity index (χ4v) is 5.78. The first-order valence-electron chi connectivity index (χ1n) is 15.0. The zero-order valence-corrected chi connectivity index (χ0v) is 26.1. The molecule has 0 aliphatic carbocycles. The maximum absolute atomic E-state index is 15.8. The number of amides is 2. The molecule has 1 aromatic heterocycles. The van der Waals surface area contributed by atoms with E-state index in [2.05, 4.69) is 21.0 Å². The third-order valence-electron chi connectivity index (χ3n) is 7.77. The lowest BCUT2D eigenvalue weighted by atomic mass is 9.90. The normalized spacial score (nSPS) is 14.1. The van der Waals surface area contributed by atoms with E-state index in [4.69, 9.17) is 4.74 Å². The van der Waals surface area contributed by atoms with E-state index in [1.54, 1.807) is 46.0 Å². The number of nitrogens with zero attached hydrogens (tertiary/aromatic N) is 2. The van der Waals surface area contributed by atoms with E-state index >= 15 is 4.39 Å². The van der Waals surface area contributed by atoms with Crippen LogP contribution in [0, 0.1) is 38.3 Å². The predicted octanol–water partition coefficient (Wildman–Crippen LogP) is 5.18. The molecule has 2 heterocycles. The Hall–Kier alpha value is -4.12. The van der Waals surface area contributed by atoms with Crippen molar-refractivity contribution in [2.24, 2.45) is 5.92 Å². The lowest BCUT2D eigenvalue weighted by Gasteiger charge is -2.26. The second-order valence-corrected chi connectivity index (χ2v) is 11.8. The van der Waals surface area contributed by atoms with Crippen LogP contribution in [0.5, 0.6) is 0 Å². The summed E-state index contributed by atoms with van der Waals surface area (Å²) < 4.78 is 36.3. The number of carbonyl (C=O) groups excluding carboxylic acids is 3. The lowest BCUT2D eigenvalue weighted by molar-refractivity contribution is -0.143. The summed E-state index contributed by atoms with van der Waals surface area (Å²) in [5, 5.41) is 13.1. The van der Waals surface area contributed by atoms with E-state index < -0.39 is 35.8 Å². The average Bonchev–Trinajstić information content (AvgIpc) is 3.38. The predicted molar refractivity (Wildman–Crippen MR) is 163 cm³/mol. The number of hydrogen-bond acceptors (Lipinski definition) is 6. The zero-order valence-electron chi connectivity index (χ0n) is 26.1. The Morgan fingerprint density at radius 1 is 1.05 bits per heavy atom. The molecule has 2 aromatic carbocycles. The van der Waals surface area contributed by atoms with Gasteiger partial charge in [0.25, 0.3) is 0 Å². The van der Waals surface area contributed by atoms with Gasteiger partial charge >= 0.3 is 12.0 Å². The number of aromatic nitrogens is 2. The molecule has 9 nitrogen and oxygen atoms in total. The van der Waals surface area contributed by atoms with Crippen LogP contribution in [0.3, 0.4) is 0 Å². The van der Waals surface area contributed by atoms with E-state index in [-0.39, 0.29) is 30.3 Å². The average molecular weight is 610 g/mol. The molecule has 0 unspecified atom stereocenters. The number of ether oxygens (including phenoxy) is 1. The van der Waals surface area contributed by atoms with Gasteiger partial charge in [-0.25, -0.2) is 13.6 Å². The van der Waals surface area contributed by atoms with Crippen molar-refractivity contribution in [2.75, 3.05) is 13.2 Å². The van der Waals surface area contributed by atoms with Gasteiger partial charge in [-0.15, -0.1) is 0 Å². The minimum atomic E-state index is -1.10. The first-order valence-corrected chi connectivity index (χ1v) is 15.0. The van der Waals surface area contributed by atoms with E-state index in [9.17, 15) is 18.8 Å². The van der Waals surface area contributed by atoms with Crippen molar-refractivity contribution in [1.82, 2.24) is 25.7 Å². The lowest BCUT2D eigenvalue weighted by Crippen LogP contribution is -2.50. The maximum Gasteiger partial charge on any atom is 0.343 e. The molecule has 1 aliphatic heterocycles. The van der Waals surface area contributed by atoms with Gasteiger partial charge in [0.1, 0.15) is 17.7 Å². The molecule has 0 fully saturated rings. The molecule has 0 radical (unpaired) electrons. The van der Waals surface area contributed by atoms with Crippen molar-refractivity contribution in [1.29, 1.82) is 0 Å². The van der Waals surface area contributed by atoms with Crippen molar-refractivity contribution < 1.29 is 27.9 Å². The monoisotopic (exact) mass is 609 g/mol. The Kier molecular flexibility index (Phi) is 10.5. The third-order valence-corrected chi connectivity index (χ3v) is 7.77. The Morgan fingerprint density at radius 3 is 2.41 bits per heavy atom. The fourth-order valence-electron chi connectivity index (χ4n) is 5.78. The number of aryl methyl sites for hydroxylation is 3. The topological polar surface area (TPSA) is 114 Å². The van der Waals surface area contributed by atoms with E-state index in [1.165, 1.54) is 16.8 Å². The molecule has 0 saturated heterocycles. The molecule has 0 spiro atoms. The Balaban J connectivity index is 1.68. The molecule has 4 rings (SSSR count). The van der Waals surface area contributed by atoms with Crippen molar-refractivity contribution >= 4 is 17.9 Å². The molecule has 236 valence electrons. The molecule has 1 aliphatic rings. The fraction of sp³-hybridized carbons (Fsp3) is 0.455. The standard InChI is InChI=1S/C33H41F2N5O4/c1-7-44-29(41)15-26(25-14-23(11-21(6)31(25)35)30-19(4)12-24(34)13-20(30)5)38-32(42)27(10-18(2)3)39-33(43)40-28-17-36-9-8-22(28)16-37-40/h11-14,16,18,26-27,36H,7-10,15,17H2,1-6H3,(H,38,42)(H,39,43)/t26-,27-/m0/s1. The number of esters is 1. The van der Waals surface area contributed by atoms with Crippen LogP contribution < -0.4 is 16.0 Å². The van der Waals surface area contributed by atoms with Crippen molar-refractivity contribution in [3.8, 4) is 11.1 Å². The third kappa shape index (κ3) is 7.50. The number of carbonyl (C=O) groups is 3. The summed E-state index contributed by atoms with van der Waals surface area (Å²) in [6.45, 7) is 12.0. The maximum atomic E-state index is 15.8. The Bertz CT molecular complexity index is 1530. The first-order chi connectivity index (χ1) is 20.9. The van der Waals surface area contributed by atoms with Gasteiger partial charge in [0.15, 0.2) is 0 Å². The van der Waals surface area contributed by atoms with Gasteiger partial charge < -0.3 is 20.7 Å². The van der Waals surface area contributed by atoms with Crippen LogP contribution in [0.4, 0.5) is 13.6 Å². The number of nitrogens with one attached hydrogen (secondary N) is 3. The van der Waals surface area contributed by atoms with E-state index in [0.29, 0.717) is 35.2 Å². The highest BCUT2D eigenvalue weighted by atomic mass is 19.1. The minimum Gasteiger partial charge on any atom is -0.466 e. The van der Waals surface area contributed by atoms with Crippen molar-refractivity contribution in [3.05, 3.63) is 75.6 Å². The summed E-state index contributed by atoms with van der Waals surface area (Å²) in [5.41, 5.74) is 4.79. The second kappa shape index (κ2) is 14.1.